The van der Waals surface area contributed by atoms with E-state index in [0.29, 0.717) is 0 Å². The highest BCUT2D eigenvalue weighted by Crippen LogP contribution is 2.14. The van der Waals surface area contributed by atoms with Gasteiger partial charge in [0, 0.05) is 45.3 Å². The molecule has 2 rings (SSSR count). The number of carboxylic acid groups (broad SMARTS) is 4. The topological polar surface area (TPSA) is 181 Å². The summed E-state index contributed by atoms with van der Waals surface area (Å²) in [5.41, 5.74) is 0. The molecule has 1 aliphatic heterocycles. The van der Waals surface area contributed by atoms with Crippen molar-refractivity contribution in [1.29, 1.82) is 0 Å². The SMILES string of the molecule is O=C(O)C(F)(F)F.O=C(O)C(F)(F)F.O=C(O)C(F)(F)F.O=C(O)CCCN1CCN(CCCNc2ccccn2)CC1. The van der Waals surface area contributed by atoms with Crippen molar-refractivity contribution in [1.82, 2.24) is 14.8 Å². The first-order valence-corrected chi connectivity index (χ1v) is 11.8. The molecule has 1 aliphatic rings. The summed E-state index contributed by atoms with van der Waals surface area (Å²) in [6.07, 6.45) is -11.3. The standard InChI is InChI=1S/C16H26N4O2.3C2HF3O2/c21-16(22)6-3-9-19-11-13-20(14-12-19)10-4-8-18-15-5-1-2-7-17-15;3*3-2(4,5)1(6)7/h1-2,5,7H,3-4,6,8-14H2,(H,17,18)(H,21,22);3*(H,6,7). The van der Waals surface area contributed by atoms with Crippen LogP contribution in [0, 0.1) is 0 Å². The van der Waals surface area contributed by atoms with Crippen LogP contribution in [0.5, 0.6) is 0 Å². The number of hydrogen-bond acceptors (Lipinski definition) is 8. The summed E-state index contributed by atoms with van der Waals surface area (Å²) in [5, 5.41) is 33.4. The fourth-order valence-electron chi connectivity index (χ4n) is 2.68. The van der Waals surface area contributed by atoms with Gasteiger partial charge in [-0.1, -0.05) is 6.07 Å². The lowest BCUT2D eigenvalue weighted by Gasteiger charge is -2.34. The Morgan fingerprint density at radius 3 is 1.37 bits per heavy atom. The third-order valence-corrected chi connectivity index (χ3v) is 4.68. The number of nitrogens with one attached hydrogen (secondary N) is 1. The number of anilines is 1. The number of alkyl halides is 9. The number of aromatic nitrogens is 1. The minimum absolute atomic E-state index is 0.277. The van der Waals surface area contributed by atoms with Gasteiger partial charge in [0.25, 0.3) is 0 Å². The number of nitrogens with zero attached hydrogens (tertiary/aromatic N) is 3. The van der Waals surface area contributed by atoms with E-state index in [1.807, 2.05) is 18.2 Å². The molecule has 2 heterocycles. The minimum Gasteiger partial charge on any atom is -0.481 e. The van der Waals surface area contributed by atoms with Crippen LogP contribution in [0.3, 0.4) is 0 Å². The van der Waals surface area contributed by atoms with Crippen LogP contribution in [0.4, 0.5) is 45.3 Å². The van der Waals surface area contributed by atoms with Crippen molar-refractivity contribution >= 4 is 29.7 Å². The van der Waals surface area contributed by atoms with Gasteiger partial charge in [-0.2, -0.15) is 39.5 Å². The van der Waals surface area contributed by atoms with Crippen molar-refractivity contribution in [2.75, 3.05) is 51.1 Å². The van der Waals surface area contributed by atoms with E-state index < -0.39 is 42.4 Å². The zero-order valence-electron chi connectivity index (χ0n) is 22.0. The molecule has 1 aromatic rings. The van der Waals surface area contributed by atoms with Gasteiger partial charge >= 0.3 is 42.4 Å². The zero-order chi connectivity index (χ0) is 33.9. The number of pyridine rings is 1. The summed E-state index contributed by atoms with van der Waals surface area (Å²) in [6, 6.07) is 5.88. The molecule has 5 N–H and O–H groups in total. The molecule has 0 amide bonds. The maximum absolute atomic E-state index is 10.6. The molecule has 1 saturated heterocycles. The minimum atomic E-state index is -5.08. The summed E-state index contributed by atoms with van der Waals surface area (Å²) >= 11 is 0. The Bertz CT molecular complexity index is 913. The van der Waals surface area contributed by atoms with Gasteiger partial charge in [0.05, 0.1) is 0 Å². The lowest BCUT2D eigenvalue weighted by Crippen LogP contribution is -2.47. The molecule has 0 unspecified atom stereocenters. The molecule has 248 valence electrons. The number of carboxylic acids is 4. The van der Waals surface area contributed by atoms with E-state index in [1.165, 1.54) is 0 Å². The van der Waals surface area contributed by atoms with Crippen molar-refractivity contribution in [3.05, 3.63) is 24.4 Å². The highest BCUT2D eigenvalue weighted by molar-refractivity contribution is 5.73. The maximum Gasteiger partial charge on any atom is 0.490 e. The third kappa shape index (κ3) is 24.4. The second-order valence-corrected chi connectivity index (χ2v) is 8.08. The molecule has 1 fully saturated rings. The van der Waals surface area contributed by atoms with Crippen molar-refractivity contribution < 1.29 is 79.1 Å². The number of hydrogen-bond donors (Lipinski definition) is 5. The second-order valence-electron chi connectivity index (χ2n) is 8.08. The Balaban J connectivity index is 0. The molecular weight excluding hydrogens is 619 g/mol. The molecule has 1 aromatic heterocycles. The number of aliphatic carboxylic acids is 4. The average Bonchev–Trinajstić information content (AvgIpc) is 2.87. The maximum atomic E-state index is 10.6. The average molecular weight is 648 g/mol. The summed E-state index contributed by atoms with van der Waals surface area (Å²) in [6.45, 7) is 7.20. The molecule has 0 aliphatic carbocycles. The van der Waals surface area contributed by atoms with Crippen molar-refractivity contribution in [2.45, 2.75) is 37.8 Å². The monoisotopic (exact) mass is 648 g/mol. The highest BCUT2D eigenvalue weighted by Gasteiger charge is 2.39. The van der Waals surface area contributed by atoms with Gasteiger partial charge in [0.15, 0.2) is 0 Å². The van der Waals surface area contributed by atoms with E-state index in [-0.39, 0.29) is 6.42 Å². The predicted molar refractivity (Wildman–Crippen MR) is 128 cm³/mol. The van der Waals surface area contributed by atoms with Gasteiger partial charge in [-0.3, -0.25) is 4.79 Å². The van der Waals surface area contributed by atoms with E-state index in [4.69, 9.17) is 34.8 Å². The van der Waals surface area contributed by atoms with Gasteiger partial charge in [0.1, 0.15) is 5.82 Å². The van der Waals surface area contributed by atoms with E-state index in [2.05, 4.69) is 20.1 Å². The number of carbonyl (C=O) groups is 4. The molecule has 0 spiro atoms. The lowest BCUT2D eigenvalue weighted by atomic mass is 10.2. The van der Waals surface area contributed by atoms with E-state index in [9.17, 15) is 44.3 Å². The fourth-order valence-corrected chi connectivity index (χ4v) is 2.68. The lowest BCUT2D eigenvalue weighted by molar-refractivity contribution is -0.193. The van der Waals surface area contributed by atoms with Crippen molar-refractivity contribution in [3.63, 3.8) is 0 Å². The molecule has 43 heavy (non-hydrogen) atoms. The van der Waals surface area contributed by atoms with Crippen LogP contribution in [0.2, 0.25) is 0 Å². The van der Waals surface area contributed by atoms with Crippen molar-refractivity contribution in [2.24, 2.45) is 0 Å². The Hall–Kier alpha value is -3.88. The van der Waals surface area contributed by atoms with Gasteiger partial charge in [0.2, 0.25) is 0 Å². The smallest absolute Gasteiger partial charge is 0.481 e. The van der Waals surface area contributed by atoms with Crippen LogP contribution in [-0.4, -0.2) is 123 Å². The summed E-state index contributed by atoms with van der Waals surface area (Å²) < 4.78 is 95.2. The Morgan fingerprint density at radius 1 is 0.698 bits per heavy atom. The Labute approximate surface area is 237 Å². The number of piperazine rings is 1. The molecule has 0 atom stereocenters. The first-order valence-electron chi connectivity index (χ1n) is 11.8. The highest BCUT2D eigenvalue weighted by atomic mass is 19.4. The first kappa shape index (κ1) is 41.3. The van der Waals surface area contributed by atoms with Crippen LogP contribution < -0.4 is 5.32 Å². The van der Waals surface area contributed by atoms with E-state index in [1.54, 1.807) is 6.20 Å². The van der Waals surface area contributed by atoms with Crippen LogP contribution in [0.25, 0.3) is 0 Å². The fraction of sp³-hybridized carbons (Fsp3) is 0.591. The molecule has 0 aromatic carbocycles. The number of halogens is 9. The van der Waals surface area contributed by atoms with Crippen LogP contribution in [-0.2, 0) is 19.2 Å². The quantitative estimate of drug-likeness (QED) is 0.195. The van der Waals surface area contributed by atoms with Gasteiger partial charge < -0.3 is 35.5 Å². The summed E-state index contributed by atoms with van der Waals surface area (Å²) in [7, 11) is 0. The van der Waals surface area contributed by atoms with E-state index >= 15 is 0 Å². The Kier molecular flexibility index (Phi) is 19.3. The first-order chi connectivity index (χ1) is 19.6. The molecule has 0 bridgehead atoms. The molecule has 12 nitrogen and oxygen atoms in total. The predicted octanol–water partition coefficient (Wildman–Crippen LogP) is 3.27. The van der Waals surface area contributed by atoms with Gasteiger partial charge in [-0.25, -0.2) is 19.4 Å². The second kappa shape index (κ2) is 20.1. The van der Waals surface area contributed by atoms with Gasteiger partial charge in [-0.15, -0.1) is 0 Å². The van der Waals surface area contributed by atoms with Crippen LogP contribution >= 0.6 is 0 Å². The third-order valence-electron chi connectivity index (χ3n) is 4.68. The molecule has 0 radical (unpaired) electrons. The molecule has 0 saturated carbocycles. The Morgan fingerprint density at radius 2 is 1.07 bits per heavy atom. The van der Waals surface area contributed by atoms with Gasteiger partial charge in [-0.05, 0) is 38.1 Å². The normalized spacial score (nSPS) is 14.0. The summed E-state index contributed by atoms with van der Waals surface area (Å²) in [5.74, 6) is -8.03. The largest absolute Gasteiger partial charge is 0.490 e. The zero-order valence-corrected chi connectivity index (χ0v) is 22.0. The molecular formula is C22H29F9N4O8. The van der Waals surface area contributed by atoms with Crippen molar-refractivity contribution in [3.8, 4) is 0 Å². The summed E-state index contributed by atoms with van der Waals surface area (Å²) in [4.78, 5) is 46.3. The van der Waals surface area contributed by atoms with Crippen LogP contribution in [0.1, 0.15) is 19.3 Å². The molecule has 21 heteroatoms. The van der Waals surface area contributed by atoms with E-state index in [0.717, 1.165) is 64.5 Å². The van der Waals surface area contributed by atoms with Crippen LogP contribution in [0.15, 0.2) is 24.4 Å². The number of rotatable bonds is 9.